The molecule has 1 fully saturated rings. The highest BCUT2D eigenvalue weighted by atomic mass is 35.5. The second-order valence-electron chi connectivity index (χ2n) is 3.05. The molecule has 0 spiro atoms. The molecule has 1 heterocycles. The quantitative estimate of drug-likeness (QED) is 0.797. The number of ether oxygens (including phenoxy) is 1. The Balaban J connectivity index is 0.00000128. The van der Waals surface area contributed by atoms with Gasteiger partial charge < -0.3 is 10.1 Å². The van der Waals surface area contributed by atoms with Crippen LogP contribution in [0.3, 0.4) is 0 Å². The van der Waals surface area contributed by atoms with Crippen molar-refractivity contribution < 1.29 is 18.3 Å². The fraction of sp³-hybridized carbons (Fsp3) is 0.222. The van der Waals surface area contributed by atoms with Crippen LogP contribution in [0.2, 0.25) is 5.02 Å². The van der Waals surface area contributed by atoms with Gasteiger partial charge in [0.2, 0.25) is 0 Å². The first-order valence-electron chi connectivity index (χ1n) is 4.16. The van der Waals surface area contributed by atoms with E-state index in [2.05, 4.69) is 10.1 Å². The maximum absolute atomic E-state index is 13.4. The average Bonchev–Trinajstić information content (AvgIpc) is 2.59. The molecule has 0 saturated carbocycles. The Morgan fingerprint density at radius 3 is 2.56 bits per heavy atom. The smallest absolute Gasteiger partial charge is 0.407 e. The van der Waals surface area contributed by atoms with Crippen LogP contribution < -0.4 is 5.32 Å². The molecule has 1 aliphatic heterocycles. The first-order chi connectivity index (χ1) is 7.09. The zero-order valence-electron chi connectivity index (χ0n) is 7.80. The largest absolute Gasteiger partial charge is 0.447 e. The molecule has 0 aromatic heterocycles. The molecule has 0 unspecified atom stereocenters. The highest BCUT2D eigenvalue weighted by molar-refractivity contribution is 6.31. The minimum Gasteiger partial charge on any atom is -0.447 e. The molecule has 1 aromatic rings. The van der Waals surface area contributed by atoms with Crippen molar-refractivity contribution in [3.05, 3.63) is 34.4 Å². The number of hydrogen-bond acceptors (Lipinski definition) is 2. The Bertz CT molecular complexity index is 428. The van der Waals surface area contributed by atoms with Crippen LogP contribution >= 0.6 is 24.0 Å². The molecule has 1 aliphatic rings. The lowest BCUT2D eigenvalue weighted by atomic mass is 10.1. The summed E-state index contributed by atoms with van der Waals surface area (Å²) in [6, 6.07) is 1.15. The first-order valence-corrected chi connectivity index (χ1v) is 4.54. The lowest BCUT2D eigenvalue weighted by molar-refractivity contribution is 0.176. The van der Waals surface area contributed by atoms with Crippen molar-refractivity contribution >= 4 is 30.1 Å². The average molecular weight is 270 g/mol. The van der Waals surface area contributed by atoms with Gasteiger partial charge in [0.05, 0.1) is 11.1 Å². The Morgan fingerprint density at radius 2 is 2.00 bits per heavy atom. The van der Waals surface area contributed by atoms with Crippen LogP contribution in [0.25, 0.3) is 0 Å². The van der Waals surface area contributed by atoms with Crippen molar-refractivity contribution in [1.29, 1.82) is 0 Å². The molecule has 0 aliphatic carbocycles. The van der Waals surface area contributed by atoms with E-state index < -0.39 is 23.8 Å². The van der Waals surface area contributed by atoms with Gasteiger partial charge in [-0.3, -0.25) is 0 Å². The predicted molar refractivity (Wildman–Crippen MR) is 55.8 cm³/mol. The van der Waals surface area contributed by atoms with Crippen LogP contribution in [-0.4, -0.2) is 12.7 Å². The van der Waals surface area contributed by atoms with Crippen LogP contribution in [-0.2, 0) is 4.74 Å². The van der Waals surface area contributed by atoms with E-state index in [1.165, 1.54) is 0 Å². The summed E-state index contributed by atoms with van der Waals surface area (Å²) in [5.74, 6) is -1.40. The van der Waals surface area contributed by atoms with Crippen LogP contribution in [0.5, 0.6) is 0 Å². The number of carbonyl (C=O) groups excluding carboxylic acids is 1. The number of rotatable bonds is 1. The third kappa shape index (κ3) is 2.20. The zero-order chi connectivity index (χ0) is 11.0. The molecular weight excluding hydrogens is 263 g/mol. The Morgan fingerprint density at radius 1 is 1.38 bits per heavy atom. The summed E-state index contributed by atoms with van der Waals surface area (Å²) in [7, 11) is 0. The molecular formula is C9H7Cl2F2NO2. The number of amides is 1. The van der Waals surface area contributed by atoms with Gasteiger partial charge in [0.1, 0.15) is 18.2 Å². The van der Waals surface area contributed by atoms with Gasteiger partial charge in [0, 0.05) is 5.56 Å². The number of hydrogen-bond donors (Lipinski definition) is 1. The summed E-state index contributed by atoms with van der Waals surface area (Å²) < 4.78 is 31.0. The molecule has 0 radical (unpaired) electrons. The van der Waals surface area contributed by atoms with E-state index in [0.29, 0.717) is 0 Å². The van der Waals surface area contributed by atoms with Crippen molar-refractivity contribution in [2.45, 2.75) is 6.04 Å². The number of benzene rings is 1. The van der Waals surface area contributed by atoms with Crippen molar-refractivity contribution in [1.82, 2.24) is 5.32 Å². The van der Waals surface area contributed by atoms with Gasteiger partial charge in [-0.1, -0.05) is 11.6 Å². The number of cyclic esters (lactones) is 1. The molecule has 1 atom stereocenters. The monoisotopic (exact) mass is 269 g/mol. The van der Waals surface area contributed by atoms with E-state index in [0.717, 1.165) is 12.1 Å². The summed E-state index contributed by atoms with van der Waals surface area (Å²) in [5, 5.41) is 2.00. The number of alkyl carbamates (subject to hydrolysis) is 1. The van der Waals surface area contributed by atoms with Gasteiger partial charge in [-0.05, 0) is 12.1 Å². The van der Waals surface area contributed by atoms with E-state index in [1.54, 1.807) is 0 Å². The van der Waals surface area contributed by atoms with Gasteiger partial charge in [-0.2, -0.15) is 0 Å². The minimum absolute atomic E-state index is 0. The second kappa shape index (κ2) is 4.84. The molecule has 88 valence electrons. The maximum atomic E-state index is 13.4. The molecule has 3 nitrogen and oxygen atoms in total. The van der Waals surface area contributed by atoms with Gasteiger partial charge in [-0.25, -0.2) is 13.6 Å². The van der Waals surface area contributed by atoms with E-state index >= 15 is 0 Å². The van der Waals surface area contributed by atoms with Gasteiger partial charge in [0.15, 0.2) is 0 Å². The topological polar surface area (TPSA) is 38.3 Å². The van der Waals surface area contributed by atoms with Crippen molar-refractivity contribution in [3.63, 3.8) is 0 Å². The lowest BCUT2D eigenvalue weighted by Crippen LogP contribution is -2.20. The zero-order valence-corrected chi connectivity index (χ0v) is 9.37. The summed E-state index contributed by atoms with van der Waals surface area (Å²) in [6.07, 6.45) is -0.667. The summed E-state index contributed by atoms with van der Waals surface area (Å²) in [5.41, 5.74) is -0.0810. The molecule has 1 N–H and O–H groups in total. The number of carbonyl (C=O) groups is 1. The van der Waals surface area contributed by atoms with Crippen LogP contribution in [0.1, 0.15) is 11.6 Å². The lowest BCUT2D eigenvalue weighted by Gasteiger charge is -2.11. The van der Waals surface area contributed by atoms with E-state index in [-0.39, 0.29) is 29.6 Å². The van der Waals surface area contributed by atoms with Gasteiger partial charge >= 0.3 is 6.09 Å². The molecule has 7 heteroatoms. The van der Waals surface area contributed by atoms with E-state index in [4.69, 9.17) is 11.6 Å². The molecule has 1 saturated heterocycles. The van der Waals surface area contributed by atoms with Crippen LogP contribution in [0.15, 0.2) is 12.1 Å². The Kier molecular flexibility index (Phi) is 3.93. The molecule has 2 rings (SSSR count). The van der Waals surface area contributed by atoms with Crippen molar-refractivity contribution in [3.8, 4) is 0 Å². The Hall–Kier alpha value is -1.07. The highest BCUT2D eigenvalue weighted by Crippen LogP contribution is 2.30. The van der Waals surface area contributed by atoms with Gasteiger partial charge in [0.25, 0.3) is 0 Å². The SMILES string of the molecule is Cl.O=C1N[C@@H](c2c(F)ccc(F)c2Cl)CO1. The van der Waals surface area contributed by atoms with Crippen LogP contribution in [0.4, 0.5) is 13.6 Å². The normalized spacial score (nSPS) is 18.7. The van der Waals surface area contributed by atoms with Crippen molar-refractivity contribution in [2.75, 3.05) is 6.61 Å². The third-order valence-corrected chi connectivity index (χ3v) is 2.49. The third-order valence-electron chi connectivity index (χ3n) is 2.10. The molecule has 1 amide bonds. The van der Waals surface area contributed by atoms with Crippen molar-refractivity contribution in [2.24, 2.45) is 0 Å². The maximum Gasteiger partial charge on any atom is 0.407 e. The van der Waals surface area contributed by atoms with E-state index in [9.17, 15) is 13.6 Å². The molecule has 0 bridgehead atoms. The fourth-order valence-corrected chi connectivity index (χ4v) is 1.69. The summed E-state index contributed by atoms with van der Waals surface area (Å²) in [4.78, 5) is 10.7. The number of nitrogens with one attached hydrogen (secondary N) is 1. The molecule has 1 aromatic carbocycles. The summed E-state index contributed by atoms with van der Waals surface area (Å²) in [6.45, 7) is -0.0566. The second-order valence-corrected chi connectivity index (χ2v) is 3.43. The fourth-order valence-electron chi connectivity index (χ4n) is 1.40. The minimum atomic E-state index is -0.735. The number of halogens is 4. The predicted octanol–water partition coefficient (Wildman–Crippen LogP) is 2.82. The Labute approximate surface area is 101 Å². The highest BCUT2D eigenvalue weighted by Gasteiger charge is 2.29. The summed E-state index contributed by atoms with van der Waals surface area (Å²) >= 11 is 5.60. The standard InChI is InChI=1S/C9H6ClF2NO2.ClH/c10-8-5(12)2-1-4(11)7(8)6-3-15-9(14)13-6;/h1-2,6H,3H2,(H,13,14);1H/t6-;/m1./s1. The van der Waals surface area contributed by atoms with Crippen LogP contribution in [0, 0.1) is 11.6 Å². The first kappa shape index (κ1) is 13.0. The molecule has 16 heavy (non-hydrogen) atoms. The van der Waals surface area contributed by atoms with E-state index in [1.807, 2.05) is 0 Å². The van der Waals surface area contributed by atoms with Gasteiger partial charge in [-0.15, -0.1) is 12.4 Å².